The summed E-state index contributed by atoms with van der Waals surface area (Å²) in [6, 6.07) is 10.1. The van der Waals surface area contributed by atoms with Gasteiger partial charge in [-0.3, -0.25) is 4.40 Å². The first-order valence-corrected chi connectivity index (χ1v) is 5.60. The van der Waals surface area contributed by atoms with Gasteiger partial charge < -0.3 is 10.8 Å². The quantitative estimate of drug-likeness (QED) is 0.725. The van der Waals surface area contributed by atoms with E-state index in [4.69, 9.17) is 5.73 Å². The average molecular weight is 254 g/mol. The van der Waals surface area contributed by atoms with Crippen LogP contribution >= 0.6 is 0 Å². The number of anilines is 1. The maximum absolute atomic E-state index is 11.2. The summed E-state index contributed by atoms with van der Waals surface area (Å²) >= 11 is 0. The fourth-order valence-electron chi connectivity index (χ4n) is 1.95. The molecule has 0 atom stereocenters. The molecule has 0 aliphatic heterocycles. The molecule has 2 aromatic heterocycles. The van der Waals surface area contributed by atoms with Crippen molar-refractivity contribution in [2.45, 2.75) is 0 Å². The van der Waals surface area contributed by atoms with Crippen LogP contribution in [0.1, 0.15) is 10.4 Å². The van der Waals surface area contributed by atoms with Crippen LogP contribution in [0.15, 0.2) is 42.6 Å². The summed E-state index contributed by atoms with van der Waals surface area (Å²) in [7, 11) is 0. The van der Waals surface area contributed by atoms with Crippen LogP contribution in [0.3, 0.4) is 0 Å². The molecule has 0 aliphatic rings. The first kappa shape index (κ1) is 11.2. The number of fused-ring (bicyclic) bond motifs is 1. The highest BCUT2D eigenvalue weighted by atomic mass is 16.4. The molecule has 0 radical (unpaired) electrons. The number of rotatable bonds is 2. The highest BCUT2D eigenvalue weighted by Gasteiger charge is 2.15. The van der Waals surface area contributed by atoms with E-state index in [0.717, 1.165) is 0 Å². The fraction of sp³-hybridized carbons (Fsp3) is 0. The second kappa shape index (κ2) is 4.09. The normalized spacial score (nSPS) is 10.7. The van der Waals surface area contributed by atoms with Crippen molar-refractivity contribution in [1.82, 2.24) is 14.6 Å². The minimum Gasteiger partial charge on any atom is -0.478 e. The number of hydrogen-bond acceptors (Lipinski definition) is 4. The first-order chi connectivity index (χ1) is 9.16. The van der Waals surface area contributed by atoms with Crippen LogP contribution in [0.25, 0.3) is 17.0 Å². The molecule has 0 aliphatic carbocycles. The van der Waals surface area contributed by atoms with Crippen LogP contribution in [-0.2, 0) is 0 Å². The van der Waals surface area contributed by atoms with Crippen LogP contribution in [-0.4, -0.2) is 25.7 Å². The molecule has 0 bridgehead atoms. The Morgan fingerprint density at radius 2 is 2.00 bits per heavy atom. The summed E-state index contributed by atoms with van der Waals surface area (Å²) in [5.74, 6) is -0.518. The van der Waals surface area contributed by atoms with Gasteiger partial charge in [-0.2, -0.15) is 0 Å². The zero-order chi connectivity index (χ0) is 13.4. The van der Waals surface area contributed by atoms with Gasteiger partial charge in [-0.15, -0.1) is 10.2 Å². The number of carboxylic acids is 1. The van der Waals surface area contributed by atoms with Crippen molar-refractivity contribution in [2.24, 2.45) is 0 Å². The minimum absolute atomic E-state index is 0.189. The van der Waals surface area contributed by atoms with E-state index in [1.54, 1.807) is 40.9 Å². The van der Waals surface area contributed by atoms with Crippen LogP contribution in [0.2, 0.25) is 0 Å². The van der Waals surface area contributed by atoms with E-state index in [0.29, 0.717) is 22.7 Å². The molecule has 0 saturated heterocycles. The third-order valence-corrected chi connectivity index (χ3v) is 2.83. The zero-order valence-corrected chi connectivity index (χ0v) is 9.82. The molecule has 0 saturated carbocycles. The third kappa shape index (κ3) is 1.79. The van der Waals surface area contributed by atoms with Gasteiger partial charge in [0.15, 0.2) is 11.5 Å². The van der Waals surface area contributed by atoms with E-state index in [-0.39, 0.29) is 5.56 Å². The number of nitrogens with zero attached hydrogens (tertiary/aromatic N) is 3. The lowest BCUT2D eigenvalue weighted by Gasteiger charge is -2.04. The van der Waals surface area contributed by atoms with Crippen molar-refractivity contribution < 1.29 is 9.90 Å². The number of nitrogens with two attached hydrogens (primary N) is 1. The Morgan fingerprint density at radius 1 is 1.21 bits per heavy atom. The number of benzene rings is 1. The van der Waals surface area contributed by atoms with Crippen molar-refractivity contribution in [3.8, 4) is 11.4 Å². The smallest absolute Gasteiger partial charge is 0.336 e. The van der Waals surface area contributed by atoms with E-state index in [1.165, 1.54) is 6.07 Å². The van der Waals surface area contributed by atoms with Crippen molar-refractivity contribution in [3.05, 3.63) is 48.2 Å². The fourth-order valence-corrected chi connectivity index (χ4v) is 1.95. The highest BCUT2D eigenvalue weighted by Crippen LogP contribution is 2.23. The first-order valence-electron chi connectivity index (χ1n) is 5.60. The largest absolute Gasteiger partial charge is 0.478 e. The molecule has 1 aromatic carbocycles. The number of aromatic nitrogens is 3. The van der Waals surface area contributed by atoms with Crippen LogP contribution < -0.4 is 5.73 Å². The van der Waals surface area contributed by atoms with Gasteiger partial charge in [0.2, 0.25) is 0 Å². The number of pyridine rings is 1. The molecule has 6 nitrogen and oxygen atoms in total. The molecule has 0 unspecified atom stereocenters. The van der Waals surface area contributed by atoms with Crippen LogP contribution in [0.5, 0.6) is 0 Å². The van der Waals surface area contributed by atoms with Gasteiger partial charge >= 0.3 is 5.97 Å². The monoisotopic (exact) mass is 254 g/mol. The second-order valence-corrected chi connectivity index (χ2v) is 4.06. The van der Waals surface area contributed by atoms with Crippen LogP contribution in [0.4, 0.5) is 5.69 Å². The van der Waals surface area contributed by atoms with Gasteiger partial charge in [-0.25, -0.2) is 4.79 Å². The SMILES string of the molecule is Nc1ccn2c(-c3ccccc3C(=O)O)nnc2c1. The molecule has 19 heavy (non-hydrogen) atoms. The molecule has 3 N–H and O–H groups in total. The molecular formula is C13H10N4O2. The number of aromatic carboxylic acids is 1. The van der Waals surface area contributed by atoms with E-state index in [1.807, 2.05) is 0 Å². The average Bonchev–Trinajstić information content (AvgIpc) is 2.81. The Balaban J connectivity index is 2.28. The molecule has 0 spiro atoms. The Morgan fingerprint density at radius 3 is 2.79 bits per heavy atom. The molecule has 3 aromatic rings. The van der Waals surface area contributed by atoms with Crippen molar-refractivity contribution in [1.29, 1.82) is 0 Å². The maximum Gasteiger partial charge on any atom is 0.336 e. The molecule has 2 heterocycles. The summed E-state index contributed by atoms with van der Waals surface area (Å²) < 4.78 is 1.71. The topological polar surface area (TPSA) is 93.5 Å². The summed E-state index contributed by atoms with van der Waals surface area (Å²) in [5.41, 5.74) is 7.54. The summed E-state index contributed by atoms with van der Waals surface area (Å²) in [5, 5.41) is 17.2. The van der Waals surface area contributed by atoms with Crippen molar-refractivity contribution >= 4 is 17.3 Å². The van der Waals surface area contributed by atoms with Crippen molar-refractivity contribution in [3.63, 3.8) is 0 Å². The molecule has 0 amide bonds. The Labute approximate surface area is 108 Å². The molecule has 0 fully saturated rings. The summed E-state index contributed by atoms with van der Waals surface area (Å²) in [6.45, 7) is 0. The van der Waals surface area contributed by atoms with Gasteiger partial charge in [-0.1, -0.05) is 18.2 Å². The van der Waals surface area contributed by atoms with Crippen LogP contribution in [0, 0.1) is 0 Å². The van der Waals surface area contributed by atoms with E-state index in [2.05, 4.69) is 10.2 Å². The second-order valence-electron chi connectivity index (χ2n) is 4.06. The number of carboxylic acid groups (broad SMARTS) is 1. The lowest BCUT2D eigenvalue weighted by Crippen LogP contribution is -2.01. The van der Waals surface area contributed by atoms with Gasteiger partial charge in [-0.05, 0) is 12.1 Å². The van der Waals surface area contributed by atoms with Crippen molar-refractivity contribution in [2.75, 3.05) is 5.73 Å². The Kier molecular flexibility index (Phi) is 2.42. The number of carbonyl (C=O) groups is 1. The lowest BCUT2D eigenvalue weighted by atomic mass is 10.1. The lowest BCUT2D eigenvalue weighted by molar-refractivity contribution is 0.0697. The molecule has 94 valence electrons. The Hall–Kier alpha value is -2.89. The predicted molar refractivity (Wildman–Crippen MR) is 69.8 cm³/mol. The van der Waals surface area contributed by atoms with E-state index >= 15 is 0 Å². The summed E-state index contributed by atoms with van der Waals surface area (Å²) in [4.78, 5) is 11.2. The number of hydrogen-bond donors (Lipinski definition) is 2. The van der Waals surface area contributed by atoms with Gasteiger partial charge in [0.1, 0.15) is 0 Å². The molecule has 3 rings (SSSR count). The van der Waals surface area contributed by atoms with E-state index in [9.17, 15) is 9.90 Å². The molecular weight excluding hydrogens is 244 g/mol. The summed E-state index contributed by atoms with van der Waals surface area (Å²) in [6.07, 6.45) is 1.72. The van der Waals surface area contributed by atoms with Gasteiger partial charge in [0.05, 0.1) is 5.56 Å². The van der Waals surface area contributed by atoms with Gasteiger partial charge in [0, 0.05) is 23.5 Å². The van der Waals surface area contributed by atoms with Gasteiger partial charge in [0.25, 0.3) is 0 Å². The Bertz CT molecular complexity index is 779. The maximum atomic E-state index is 11.2. The third-order valence-electron chi connectivity index (χ3n) is 2.83. The predicted octanol–water partition coefficient (Wildman–Crippen LogP) is 1.68. The number of nitrogen functional groups attached to an aromatic ring is 1. The highest BCUT2D eigenvalue weighted by molar-refractivity contribution is 5.95. The standard InChI is InChI=1S/C13H10N4O2/c14-8-5-6-17-11(7-8)15-16-12(17)9-3-1-2-4-10(9)13(18)19/h1-7H,14H2,(H,18,19). The van der Waals surface area contributed by atoms with E-state index < -0.39 is 5.97 Å². The molecule has 6 heteroatoms. The minimum atomic E-state index is -0.997. The zero-order valence-electron chi connectivity index (χ0n) is 9.82.